The Labute approximate surface area is 83.2 Å². The van der Waals surface area contributed by atoms with Crippen LogP contribution in [0, 0.1) is 0 Å². The minimum atomic E-state index is 0. The first-order valence-corrected chi connectivity index (χ1v) is 3.46. The Balaban J connectivity index is 0.00000144. The minimum Gasteiger partial charge on any atom is -0.493 e. The number of nitrogens with two attached hydrogens (primary N) is 2. The molecule has 0 amide bonds. The third kappa shape index (κ3) is 2.32. The van der Waals surface area contributed by atoms with E-state index in [2.05, 4.69) is 0 Å². The fraction of sp³-hybridized carbons (Fsp3) is 0.250. The molecule has 0 saturated heterocycles. The fourth-order valence-electron chi connectivity index (χ4n) is 0.910. The second-order valence-corrected chi connectivity index (χ2v) is 2.34. The predicted molar refractivity (Wildman–Crippen MR) is 55.6 cm³/mol. The summed E-state index contributed by atoms with van der Waals surface area (Å²) in [6, 6.07) is 3.27. The zero-order valence-electron chi connectivity index (χ0n) is 7.53. The molecule has 4 nitrogen and oxygen atoms in total. The number of hydrogen-bond acceptors (Lipinski definition) is 4. The minimum absolute atomic E-state index is 0. The van der Waals surface area contributed by atoms with E-state index in [4.69, 9.17) is 20.9 Å². The number of nitrogen functional groups attached to an aromatic ring is 2. The third-order valence-electron chi connectivity index (χ3n) is 1.59. The maximum atomic E-state index is 5.56. The lowest BCUT2D eigenvalue weighted by Crippen LogP contribution is -1.97. The second-order valence-electron chi connectivity index (χ2n) is 2.34. The Bertz CT molecular complexity index is 263. The molecule has 0 fully saturated rings. The molecule has 1 aromatic carbocycles. The number of hydrogen-bond donors (Lipinski definition) is 2. The van der Waals surface area contributed by atoms with Crippen molar-refractivity contribution in [2.24, 2.45) is 0 Å². The van der Waals surface area contributed by atoms with Crippen molar-refractivity contribution < 1.29 is 9.47 Å². The average molecular weight is 205 g/mol. The van der Waals surface area contributed by atoms with Crippen LogP contribution in [0.15, 0.2) is 12.1 Å². The zero-order valence-corrected chi connectivity index (χ0v) is 8.35. The summed E-state index contributed by atoms with van der Waals surface area (Å²) in [5.74, 6) is 1.17. The van der Waals surface area contributed by atoms with Gasteiger partial charge >= 0.3 is 0 Å². The van der Waals surface area contributed by atoms with Gasteiger partial charge in [0.15, 0.2) is 11.5 Å². The molecule has 0 atom stereocenters. The largest absolute Gasteiger partial charge is 0.493 e. The molecule has 1 aromatic rings. The van der Waals surface area contributed by atoms with E-state index in [-0.39, 0.29) is 12.4 Å². The van der Waals surface area contributed by atoms with Gasteiger partial charge in [0.05, 0.1) is 25.6 Å². The highest BCUT2D eigenvalue weighted by Gasteiger charge is 2.05. The number of ether oxygens (including phenoxy) is 2. The number of methoxy groups -OCH3 is 2. The first-order valence-electron chi connectivity index (χ1n) is 3.46. The first kappa shape index (κ1) is 11.7. The molecule has 0 spiro atoms. The van der Waals surface area contributed by atoms with Gasteiger partial charge in [0.2, 0.25) is 0 Å². The van der Waals surface area contributed by atoms with Gasteiger partial charge in [-0.3, -0.25) is 0 Å². The average Bonchev–Trinajstić information content (AvgIpc) is 2.09. The molecular weight excluding hydrogens is 192 g/mol. The van der Waals surface area contributed by atoms with E-state index in [1.807, 2.05) is 0 Å². The van der Waals surface area contributed by atoms with Gasteiger partial charge in [-0.1, -0.05) is 0 Å². The lowest BCUT2D eigenvalue weighted by molar-refractivity contribution is 0.355. The highest BCUT2D eigenvalue weighted by Crippen LogP contribution is 2.32. The van der Waals surface area contributed by atoms with Crippen LogP contribution in [0.5, 0.6) is 11.5 Å². The maximum absolute atomic E-state index is 5.56. The molecule has 5 heteroatoms. The van der Waals surface area contributed by atoms with Gasteiger partial charge in [-0.2, -0.15) is 0 Å². The smallest absolute Gasteiger partial charge is 0.162 e. The van der Waals surface area contributed by atoms with Crippen LogP contribution in [0.4, 0.5) is 11.4 Å². The van der Waals surface area contributed by atoms with Gasteiger partial charge in [0, 0.05) is 12.1 Å². The molecule has 0 unspecified atom stereocenters. The Morgan fingerprint density at radius 3 is 1.46 bits per heavy atom. The summed E-state index contributed by atoms with van der Waals surface area (Å²) >= 11 is 0. The molecule has 13 heavy (non-hydrogen) atoms. The van der Waals surface area contributed by atoms with E-state index in [9.17, 15) is 0 Å². The van der Waals surface area contributed by atoms with Crippen molar-refractivity contribution in [1.29, 1.82) is 0 Å². The van der Waals surface area contributed by atoms with Crippen LogP contribution in [0.25, 0.3) is 0 Å². The molecule has 0 radical (unpaired) electrons. The summed E-state index contributed by atoms with van der Waals surface area (Å²) in [7, 11) is 3.10. The summed E-state index contributed by atoms with van der Waals surface area (Å²) in [4.78, 5) is 0. The van der Waals surface area contributed by atoms with Crippen molar-refractivity contribution in [1.82, 2.24) is 0 Å². The van der Waals surface area contributed by atoms with Crippen LogP contribution in [0.2, 0.25) is 0 Å². The molecule has 0 aliphatic rings. The normalized spacial score (nSPS) is 8.77. The molecule has 0 heterocycles. The molecule has 0 bridgehead atoms. The van der Waals surface area contributed by atoms with Crippen LogP contribution in [0.3, 0.4) is 0 Å². The zero-order chi connectivity index (χ0) is 9.14. The number of halogens is 1. The molecule has 0 aliphatic heterocycles. The van der Waals surface area contributed by atoms with E-state index >= 15 is 0 Å². The van der Waals surface area contributed by atoms with Crippen LogP contribution in [-0.4, -0.2) is 14.2 Å². The van der Waals surface area contributed by atoms with Crippen molar-refractivity contribution in [3.63, 3.8) is 0 Å². The van der Waals surface area contributed by atoms with E-state index in [0.29, 0.717) is 22.9 Å². The second kappa shape index (κ2) is 4.67. The van der Waals surface area contributed by atoms with Gasteiger partial charge < -0.3 is 20.9 Å². The van der Waals surface area contributed by atoms with Crippen molar-refractivity contribution in [3.8, 4) is 11.5 Å². The third-order valence-corrected chi connectivity index (χ3v) is 1.59. The summed E-state index contributed by atoms with van der Waals surface area (Å²) in [5, 5.41) is 0. The van der Waals surface area contributed by atoms with E-state index in [0.717, 1.165) is 0 Å². The fourth-order valence-corrected chi connectivity index (χ4v) is 0.910. The summed E-state index contributed by atoms with van der Waals surface area (Å²) in [6.45, 7) is 0. The topological polar surface area (TPSA) is 70.5 Å². The number of benzene rings is 1. The summed E-state index contributed by atoms with van der Waals surface area (Å²) in [5.41, 5.74) is 12.1. The Morgan fingerprint density at radius 1 is 0.923 bits per heavy atom. The molecule has 4 N–H and O–H groups in total. The molecular formula is C8H13ClN2O2. The van der Waals surface area contributed by atoms with Crippen LogP contribution >= 0.6 is 12.4 Å². The van der Waals surface area contributed by atoms with Crippen LogP contribution in [0.1, 0.15) is 0 Å². The Kier molecular flexibility index (Phi) is 4.20. The van der Waals surface area contributed by atoms with E-state index < -0.39 is 0 Å². The maximum Gasteiger partial charge on any atom is 0.162 e. The Morgan fingerprint density at radius 2 is 1.23 bits per heavy atom. The molecule has 0 aliphatic carbocycles. The summed E-state index contributed by atoms with van der Waals surface area (Å²) in [6.07, 6.45) is 0. The van der Waals surface area contributed by atoms with Crippen LogP contribution in [-0.2, 0) is 0 Å². The highest BCUT2D eigenvalue weighted by molar-refractivity contribution is 5.85. The van der Waals surface area contributed by atoms with Crippen molar-refractivity contribution in [2.75, 3.05) is 25.7 Å². The summed E-state index contributed by atoms with van der Waals surface area (Å²) < 4.78 is 10.0. The van der Waals surface area contributed by atoms with Crippen LogP contribution < -0.4 is 20.9 Å². The number of rotatable bonds is 2. The lowest BCUT2D eigenvalue weighted by atomic mass is 10.2. The molecule has 0 saturated carbocycles. The predicted octanol–water partition coefficient (Wildman–Crippen LogP) is 1.29. The van der Waals surface area contributed by atoms with E-state index in [1.54, 1.807) is 26.4 Å². The van der Waals surface area contributed by atoms with Crippen molar-refractivity contribution in [2.45, 2.75) is 0 Å². The number of anilines is 2. The van der Waals surface area contributed by atoms with E-state index in [1.165, 1.54) is 0 Å². The first-order chi connectivity index (χ1) is 5.69. The van der Waals surface area contributed by atoms with Gasteiger partial charge in [0.1, 0.15) is 0 Å². The van der Waals surface area contributed by atoms with Gasteiger partial charge in [-0.15, -0.1) is 12.4 Å². The van der Waals surface area contributed by atoms with Crippen molar-refractivity contribution >= 4 is 23.8 Å². The lowest BCUT2D eigenvalue weighted by Gasteiger charge is -2.09. The van der Waals surface area contributed by atoms with Gasteiger partial charge in [0.25, 0.3) is 0 Å². The Hall–Kier alpha value is -1.29. The quantitative estimate of drug-likeness (QED) is 0.713. The standard InChI is InChI=1S/C8H12N2O2.ClH/c1-11-7-3-5(9)6(10)4-8(7)12-2;/h3-4H,9-10H2,1-2H3;1H. The SMILES string of the molecule is COc1cc(N)c(N)cc1OC.Cl. The van der Waals surface area contributed by atoms with Gasteiger partial charge in [-0.05, 0) is 0 Å². The highest BCUT2D eigenvalue weighted by atomic mass is 35.5. The van der Waals surface area contributed by atoms with Gasteiger partial charge in [-0.25, -0.2) is 0 Å². The monoisotopic (exact) mass is 204 g/mol. The molecule has 1 rings (SSSR count). The molecule has 74 valence electrons. The molecule has 0 aromatic heterocycles. The van der Waals surface area contributed by atoms with Crippen molar-refractivity contribution in [3.05, 3.63) is 12.1 Å².